The van der Waals surface area contributed by atoms with Gasteiger partial charge in [0, 0.05) is 12.1 Å². The number of nitrogens with one attached hydrogen (secondary N) is 1. The molecule has 1 aliphatic carbocycles. The van der Waals surface area contributed by atoms with Crippen molar-refractivity contribution < 1.29 is 13.9 Å². The molecule has 0 spiro atoms. The summed E-state index contributed by atoms with van der Waals surface area (Å²) in [6, 6.07) is 4.75. The third-order valence-electron chi connectivity index (χ3n) is 4.33. The molecule has 4 nitrogen and oxygen atoms in total. The first-order chi connectivity index (χ1) is 10.4. The van der Waals surface area contributed by atoms with E-state index in [1.807, 2.05) is 13.8 Å². The number of hydrogen-bond donors (Lipinski definition) is 2. The SMILES string of the molecule is CCOc1ccc(CNC(=O)C2CCCCC2(C)N)cc1F.Cl. The second-order valence-electron chi connectivity index (χ2n) is 6.22. The van der Waals surface area contributed by atoms with Crippen LogP contribution in [0, 0.1) is 11.7 Å². The third-order valence-corrected chi connectivity index (χ3v) is 4.33. The third kappa shape index (κ3) is 5.08. The fraction of sp³-hybridized carbons (Fsp3) is 0.588. The summed E-state index contributed by atoms with van der Waals surface area (Å²) in [6.07, 6.45) is 3.78. The Bertz CT molecular complexity index is 537. The Hall–Kier alpha value is -1.33. The lowest BCUT2D eigenvalue weighted by molar-refractivity contribution is -0.128. The van der Waals surface area contributed by atoms with Crippen molar-refractivity contribution in [3.05, 3.63) is 29.6 Å². The maximum Gasteiger partial charge on any atom is 0.225 e. The van der Waals surface area contributed by atoms with Crippen LogP contribution in [0.4, 0.5) is 4.39 Å². The highest BCUT2D eigenvalue weighted by Crippen LogP contribution is 2.31. The molecule has 1 aromatic carbocycles. The Morgan fingerprint density at radius 1 is 1.48 bits per heavy atom. The molecule has 2 rings (SSSR count). The molecule has 1 amide bonds. The van der Waals surface area contributed by atoms with Crippen LogP contribution >= 0.6 is 12.4 Å². The van der Waals surface area contributed by atoms with Crippen molar-refractivity contribution in [1.82, 2.24) is 5.32 Å². The van der Waals surface area contributed by atoms with Crippen LogP contribution in [-0.4, -0.2) is 18.1 Å². The van der Waals surface area contributed by atoms with Crippen LogP contribution < -0.4 is 15.8 Å². The van der Waals surface area contributed by atoms with Gasteiger partial charge in [0.25, 0.3) is 0 Å². The molecule has 0 saturated heterocycles. The van der Waals surface area contributed by atoms with Crippen molar-refractivity contribution in [2.75, 3.05) is 6.61 Å². The van der Waals surface area contributed by atoms with Crippen LogP contribution in [0.25, 0.3) is 0 Å². The van der Waals surface area contributed by atoms with Crippen LogP contribution in [0.3, 0.4) is 0 Å². The molecule has 1 aliphatic rings. The Morgan fingerprint density at radius 2 is 2.22 bits per heavy atom. The fourth-order valence-electron chi connectivity index (χ4n) is 3.03. The Morgan fingerprint density at radius 3 is 2.83 bits per heavy atom. The molecule has 0 bridgehead atoms. The summed E-state index contributed by atoms with van der Waals surface area (Å²) in [6.45, 7) is 4.47. The second-order valence-corrected chi connectivity index (χ2v) is 6.22. The summed E-state index contributed by atoms with van der Waals surface area (Å²) >= 11 is 0. The van der Waals surface area contributed by atoms with Gasteiger partial charge < -0.3 is 15.8 Å². The normalized spacial score (nSPS) is 23.7. The van der Waals surface area contributed by atoms with Crippen LogP contribution in [0.2, 0.25) is 0 Å². The largest absolute Gasteiger partial charge is 0.491 e. The summed E-state index contributed by atoms with van der Waals surface area (Å²) < 4.78 is 18.9. The summed E-state index contributed by atoms with van der Waals surface area (Å²) in [5, 5.41) is 2.88. The number of carbonyl (C=O) groups excluding carboxylic acids is 1. The number of hydrogen-bond acceptors (Lipinski definition) is 3. The monoisotopic (exact) mass is 344 g/mol. The van der Waals surface area contributed by atoms with Crippen molar-refractivity contribution in [2.45, 2.75) is 51.6 Å². The quantitative estimate of drug-likeness (QED) is 0.862. The van der Waals surface area contributed by atoms with Crippen molar-refractivity contribution in [3.63, 3.8) is 0 Å². The first-order valence-corrected chi connectivity index (χ1v) is 7.92. The summed E-state index contributed by atoms with van der Waals surface area (Å²) in [5.41, 5.74) is 6.49. The molecular weight excluding hydrogens is 319 g/mol. The van der Waals surface area contributed by atoms with Crippen LogP contribution in [0.1, 0.15) is 45.1 Å². The van der Waals surface area contributed by atoms with Crippen LogP contribution in [0.5, 0.6) is 5.75 Å². The minimum Gasteiger partial charge on any atom is -0.491 e. The molecule has 0 heterocycles. The summed E-state index contributed by atoms with van der Waals surface area (Å²) in [7, 11) is 0. The van der Waals surface area contributed by atoms with Crippen LogP contribution in [-0.2, 0) is 11.3 Å². The van der Waals surface area contributed by atoms with Crippen molar-refractivity contribution in [3.8, 4) is 5.75 Å². The van der Waals surface area contributed by atoms with Gasteiger partial charge in [-0.2, -0.15) is 0 Å². The molecule has 3 N–H and O–H groups in total. The minimum atomic E-state index is -0.452. The van der Waals surface area contributed by atoms with Crippen molar-refractivity contribution in [2.24, 2.45) is 11.7 Å². The average molecular weight is 345 g/mol. The minimum absolute atomic E-state index is 0. The first kappa shape index (κ1) is 19.7. The maximum absolute atomic E-state index is 13.8. The van der Waals surface area contributed by atoms with E-state index in [0.29, 0.717) is 18.7 Å². The highest BCUT2D eigenvalue weighted by Gasteiger charge is 2.37. The predicted molar refractivity (Wildman–Crippen MR) is 91.2 cm³/mol. The zero-order valence-corrected chi connectivity index (χ0v) is 14.5. The standard InChI is InChI=1S/C17H25FN2O2.ClH/c1-3-22-15-8-7-12(10-14(15)18)11-20-16(21)13-6-4-5-9-17(13,2)19;/h7-8,10,13H,3-6,9,11,19H2,1-2H3,(H,20,21);1H. The van der Waals surface area contributed by atoms with Crippen LogP contribution in [0.15, 0.2) is 18.2 Å². The van der Waals surface area contributed by atoms with Gasteiger partial charge in [0.2, 0.25) is 5.91 Å². The van der Waals surface area contributed by atoms with E-state index in [0.717, 1.165) is 25.7 Å². The molecule has 2 unspecified atom stereocenters. The molecule has 1 saturated carbocycles. The lowest BCUT2D eigenvalue weighted by Gasteiger charge is -2.37. The number of rotatable bonds is 5. The molecule has 0 aliphatic heterocycles. The smallest absolute Gasteiger partial charge is 0.225 e. The van der Waals surface area contributed by atoms with Gasteiger partial charge in [-0.25, -0.2) is 4.39 Å². The van der Waals surface area contributed by atoms with E-state index >= 15 is 0 Å². The molecule has 23 heavy (non-hydrogen) atoms. The van der Waals surface area contributed by atoms with Gasteiger partial charge in [-0.15, -0.1) is 12.4 Å². The van der Waals surface area contributed by atoms with Gasteiger partial charge in [-0.05, 0) is 44.4 Å². The second kappa shape index (κ2) is 8.50. The zero-order valence-electron chi connectivity index (χ0n) is 13.7. The maximum atomic E-state index is 13.8. The lowest BCUT2D eigenvalue weighted by atomic mass is 9.74. The number of halogens is 2. The Labute approximate surface area is 143 Å². The molecule has 1 aromatic rings. The number of nitrogens with two attached hydrogens (primary N) is 1. The van der Waals surface area contributed by atoms with E-state index in [1.54, 1.807) is 12.1 Å². The van der Waals surface area contributed by atoms with Crippen molar-refractivity contribution >= 4 is 18.3 Å². The van der Waals surface area contributed by atoms with Gasteiger partial charge in [-0.1, -0.05) is 18.9 Å². The Kier molecular flexibility index (Phi) is 7.29. The molecule has 2 atom stereocenters. The van der Waals surface area contributed by atoms with E-state index in [-0.39, 0.29) is 30.0 Å². The topological polar surface area (TPSA) is 64.3 Å². The first-order valence-electron chi connectivity index (χ1n) is 7.92. The number of carbonyl (C=O) groups is 1. The molecular formula is C17H26ClFN2O2. The highest BCUT2D eigenvalue weighted by molar-refractivity contribution is 5.85. The molecule has 6 heteroatoms. The van der Waals surface area contributed by atoms with E-state index in [4.69, 9.17) is 10.5 Å². The molecule has 0 radical (unpaired) electrons. The summed E-state index contributed by atoms with van der Waals surface area (Å²) in [4.78, 5) is 12.3. The molecule has 1 fully saturated rings. The van der Waals surface area contributed by atoms with Gasteiger partial charge in [0.05, 0.1) is 12.5 Å². The predicted octanol–water partition coefficient (Wildman–Crippen LogP) is 3.17. The zero-order chi connectivity index (χ0) is 16.2. The molecule has 0 aromatic heterocycles. The van der Waals surface area contributed by atoms with E-state index in [2.05, 4.69) is 5.32 Å². The fourth-order valence-corrected chi connectivity index (χ4v) is 3.03. The number of amides is 1. The van der Waals surface area contributed by atoms with Gasteiger partial charge >= 0.3 is 0 Å². The van der Waals surface area contributed by atoms with Crippen molar-refractivity contribution in [1.29, 1.82) is 0 Å². The van der Waals surface area contributed by atoms with Gasteiger partial charge in [0.15, 0.2) is 11.6 Å². The number of ether oxygens (including phenoxy) is 1. The van der Waals surface area contributed by atoms with Gasteiger partial charge in [0.1, 0.15) is 0 Å². The van der Waals surface area contributed by atoms with E-state index < -0.39 is 11.4 Å². The lowest BCUT2D eigenvalue weighted by Crippen LogP contribution is -2.52. The van der Waals surface area contributed by atoms with E-state index in [9.17, 15) is 9.18 Å². The average Bonchev–Trinajstić information content (AvgIpc) is 2.47. The Balaban J connectivity index is 0.00000264. The number of benzene rings is 1. The van der Waals surface area contributed by atoms with Gasteiger partial charge in [-0.3, -0.25) is 4.79 Å². The highest BCUT2D eigenvalue weighted by atomic mass is 35.5. The summed E-state index contributed by atoms with van der Waals surface area (Å²) in [5.74, 6) is -0.387. The van der Waals surface area contributed by atoms with E-state index in [1.165, 1.54) is 6.07 Å². The molecule has 130 valence electrons.